The number of ether oxygens (including phenoxy) is 1. The first-order valence-corrected chi connectivity index (χ1v) is 10.5. The summed E-state index contributed by atoms with van der Waals surface area (Å²) in [5.74, 6) is -0.512. The minimum atomic E-state index is -4.54. The summed E-state index contributed by atoms with van der Waals surface area (Å²) in [6, 6.07) is 9.94. The van der Waals surface area contributed by atoms with Crippen molar-refractivity contribution in [1.29, 1.82) is 0 Å². The van der Waals surface area contributed by atoms with Crippen LogP contribution in [0.1, 0.15) is 16.1 Å². The topological polar surface area (TPSA) is 84.7 Å². The number of rotatable bonds is 4. The number of hydrogen-bond acceptors (Lipinski definition) is 6. The predicted molar refractivity (Wildman–Crippen MR) is 119 cm³/mol. The van der Waals surface area contributed by atoms with Gasteiger partial charge in [-0.05, 0) is 24.3 Å². The predicted octanol–water partition coefficient (Wildman–Crippen LogP) is 3.90. The van der Waals surface area contributed by atoms with E-state index in [4.69, 9.17) is 4.74 Å². The van der Waals surface area contributed by atoms with Crippen molar-refractivity contribution in [3.63, 3.8) is 0 Å². The molecule has 174 valence electrons. The smallest absolute Gasteiger partial charge is 0.378 e. The Hall–Kier alpha value is -3.99. The van der Waals surface area contributed by atoms with Gasteiger partial charge in [-0.2, -0.15) is 18.3 Å². The Morgan fingerprint density at radius 1 is 1.03 bits per heavy atom. The van der Waals surface area contributed by atoms with Crippen LogP contribution in [-0.4, -0.2) is 51.8 Å². The van der Waals surface area contributed by atoms with Crippen LogP contribution in [0.3, 0.4) is 0 Å². The molecule has 8 nitrogen and oxygen atoms in total. The summed E-state index contributed by atoms with van der Waals surface area (Å²) in [4.78, 5) is 23.5. The Morgan fingerprint density at radius 3 is 2.62 bits per heavy atom. The molecule has 1 amide bonds. The molecular formula is C23H19F3N6O2. The zero-order valence-corrected chi connectivity index (χ0v) is 17.8. The summed E-state index contributed by atoms with van der Waals surface area (Å²) in [5.41, 5.74) is 0.921. The second-order valence-electron chi connectivity index (χ2n) is 7.66. The van der Waals surface area contributed by atoms with Crippen molar-refractivity contribution in [2.45, 2.75) is 6.18 Å². The number of alkyl halides is 3. The van der Waals surface area contributed by atoms with E-state index in [2.05, 4.69) is 25.3 Å². The number of anilines is 2. The number of fused-ring (bicyclic) bond motifs is 1. The molecule has 0 unspecified atom stereocenters. The van der Waals surface area contributed by atoms with E-state index in [0.29, 0.717) is 24.5 Å². The van der Waals surface area contributed by atoms with Gasteiger partial charge in [-0.3, -0.25) is 9.78 Å². The molecule has 1 fully saturated rings. The molecule has 5 rings (SSSR count). The number of carbonyl (C=O) groups excluding carboxylic acids is 1. The number of benzene rings is 1. The number of carbonyl (C=O) groups is 1. The number of aromatic nitrogens is 4. The molecule has 1 aliphatic rings. The van der Waals surface area contributed by atoms with Gasteiger partial charge in [0.2, 0.25) is 0 Å². The van der Waals surface area contributed by atoms with Crippen molar-refractivity contribution >= 4 is 22.9 Å². The highest BCUT2D eigenvalue weighted by Gasteiger charge is 2.33. The SMILES string of the molecule is O=C(Nc1cncc(N2CCOCC2)c1)c1cnc2ccc(-c3ccccc3C(F)(F)F)nn12. The average molecular weight is 468 g/mol. The largest absolute Gasteiger partial charge is 0.417 e. The summed E-state index contributed by atoms with van der Waals surface area (Å²) in [6.07, 6.45) is 0.0157. The molecule has 1 aliphatic heterocycles. The summed E-state index contributed by atoms with van der Waals surface area (Å²) < 4.78 is 47.0. The highest BCUT2D eigenvalue weighted by molar-refractivity contribution is 6.03. The molecule has 0 saturated carbocycles. The van der Waals surface area contributed by atoms with E-state index in [1.807, 2.05) is 0 Å². The van der Waals surface area contributed by atoms with Crippen LogP contribution in [0, 0.1) is 0 Å². The highest BCUT2D eigenvalue weighted by atomic mass is 19.4. The van der Waals surface area contributed by atoms with Gasteiger partial charge in [-0.1, -0.05) is 18.2 Å². The first-order chi connectivity index (χ1) is 16.4. The van der Waals surface area contributed by atoms with Gasteiger partial charge in [0.05, 0.1) is 54.4 Å². The number of pyridine rings is 1. The lowest BCUT2D eigenvalue weighted by molar-refractivity contribution is -0.137. The molecule has 0 radical (unpaired) electrons. The number of halogens is 3. The van der Waals surface area contributed by atoms with E-state index in [-0.39, 0.29) is 17.0 Å². The van der Waals surface area contributed by atoms with Gasteiger partial charge in [0.15, 0.2) is 11.3 Å². The lowest BCUT2D eigenvalue weighted by atomic mass is 10.0. The van der Waals surface area contributed by atoms with Crippen molar-refractivity contribution < 1.29 is 22.7 Å². The van der Waals surface area contributed by atoms with Gasteiger partial charge >= 0.3 is 6.18 Å². The third-order valence-electron chi connectivity index (χ3n) is 5.46. The Morgan fingerprint density at radius 2 is 1.82 bits per heavy atom. The molecule has 0 aliphatic carbocycles. The summed E-state index contributed by atoms with van der Waals surface area (Å²) in [7, 11) is 0. The van der Waals surface area contributed by atoms with Gasteiger partial charge in [0, 0.05) is 18.7 Å². The van der Waals surface area contributed by atoms with Crippen LogP contribution in [0.15, 0.2) is 61.1 Å². The maximum atomic E-state index is 13.5. The molecule has 0 atom stereocenters. The zero-order chi connectivity index (χ0) is 23.7. The first kappa shape index (κ1) is 21.8. The van der Waals surface area contributed by atoms with Crippen LogP contribution in [0.2, 0.25) is 0 Å². The molecule has 4 aromatic rings. The molecule has 11 heteroatoms. The average Bonchev–Trinajstić information content (AvgIpc) is 3.28. The molecule has 1 aromatic carbocycles. The molecule has 0 spiro atoms. The molecule has 1 N–H and O–H groups in total. The van der Waals surface area contributed by atoms with Gasteiger partial charge < -0.3 is 15.0 Å². The van der Waals surface area contributed by atoms with Gasteiger partial charge in [0.25, 0.3) is 5.91 Å². The second kappa shape index (κ2) is 8.75. The van der Waals surface area contributed by atoms with Crippen molar-refractivity contribution in [2.75, 3.05) is 36.5 Å². The van der Waals surface area contributed by atoms with E-state index < -0.39 is 17.6 Å². The van der Waals surface area contributed by atoms with Crippen LogP contribution in [0.4, 0.5) is 24.5 Å². The second-order valence-corrected chi connectivity index (χ2v) is 7.66. The van der Waals surface area contributed by atoms with Crippen molar-refractivity contribution in [1.82, 2.24) is 19.6 Å². The number of hydrogen-bond donors (Lipinski definition) is 1. The molecule has 3 aromatic heterocycles. The summed E-state index contributed by atoms with van der Waals surface area (Å²) >= 11 is 0. The van der Waals surface area contributed by atoms with Gasteiger partial charge in [-0.15, -0.1) is 0 Å². The zero-order valence-electron chi connectivity index (χ0n) is 17.8. The highest BCUT2D eigenvalue weighted by Crippen LogP contribution is 2.36. The Bertz CT molecular complexity index is 1350. The standard InChI is InChI=1S/C23H19F3N6O2/c24-23(25,26)18-4-2-1-3-17(18)19-5-6-21-28-14-20(32(21)30-19)22(33)29-15-11-16(13-27-12-15)31-7-9-34-10-8-31/h1-6,11-14H,7-10H2,(H,29,33). The number of morpholine rings is 1. The maximum Gasteiger partial charge on any atom is 0.417 e. The third kappa shape index (κ3) is 4.29. The van der Waals surface area contributed by atoms with E-state index >= 15 is 0 Å². The van der Waals surface area contributed by atoms with Gasteiger partial charge in [0.1, 0.15) is 0 Å². The van der Waals surface area contributed by atoms with Crippen molar-refractivity contribution in [3.8, 4) is 11.3 Å². The number of amides is 1. The fourth-order valence-corrected chi connectivity index (χ4v) is 3.81. The Kier molecular flexibility index (Phi) is 5.62. The van der Waals surface area contributed by atoms with E-state index in [1.165, 1.54) is 47.2 Å². The van der Waals surface area contributed by atoms with Gasteiger partial charge in [-0.25, -0.2) is 9.50 Å². The van der Waals surface area contributed by atoms with Crippen LogP contribution in [-0.2, 0) is 10.9 Å². The van der Waals surface area contributed by atoms with Crippen LogP contribution >= 0.6 is 0 Å². The molecule has 0 bridgehead atoms. The molecule has 34 heavy (non-hydrogen) atoms. The fourth-order valence-electron chi connectivity index (χ4n) is 3.81. The lowest BCUT2D eigenvalue weighted by Crippen LogP contribution is -2.36. The molecule has 1 saturated heterocycles. The minimum absolute atomic E-state index is 0.0726. The Labute approximate surface area is 192 Å². The molecular weight excluding hydrogens is 449 g/mol. The Balaban J connectivity index is 1.45. The lowest BCUT2D eigenvalue weighted by Gasteiger charge is -2.28. The quantitative estimate of drug-likeness (QED) is 0.489. The van der Waals surface area contributed by atoms with E-state index in [1.54, 1.807) is 12.3 Å². The summed E-state index contributed by atoms with van der Waals surface area (Å²) in [5, 5.41) is 7.06. The maximum absolute atomic E-state index is 13.5. The minimum Gasteiger partial charge on any atom is -0.378 e. The van der Waals surface area contributed by atoms with Crippen molar-refractivity contribution in [2.24, 2.45) is 0 Å². The van der Waals surface area contributed by atoms with Crippen LogP contribution < -0.4 is 10.2 Å². The number of nitrogens with zero attached hydrogens (tertiary/aromatic N) is 5. The first-order valence-electron chi connectivity index (χ1n) is 10.5. The normalized spacial score (nSPS) is 14.4. The van der Waals surface area contributed by atoms with E-state index in [0.717, 1.165) is 24.8 Å². The number of nitrogens with one attached hydrogen (secondary N) is 1. The fraction of sp³-hybridized carbons (Fsp3) is 0.217. The third-order valence-corrected chi connectivity index (χ3v) is 5.46. The van der Waals surface area contributed by atoms with Crippen molar-refractivity contribution in [3.05, 3.63) is 72.3 Å². The van der Waals surface area contributed by atoms with Crippen LogP contribution in [0.5, 0.6) is 0 Å². The van der Waals surface area contributed by atoms with Crippen LogP contribution in [0.25, 0.3) is 16.9 Å². The summed E-state index contributed by atoms with van der Waals surface area (Å²) in [6.45, 7) is 2.67. The monoisotopic (exact) mass is 468 g/mol. The number of imidazole rings is 1. The van der Waals surface area contributed by atoms with E-state index in [9.17, 15) is 18.0 Å². The molecule has 4 heterocycles.